The van der Waals surface area contributed by atoms with Gasteiger partial charge < -0.3 is 18.8 Å². The van der Waals surface area contributed by atoms with Crippen molar-refractivity contribution in [3.8, 4) is 5.75 Å². The number of rotatable bonds is 9. The van der Waals surface area contributed by atoms with E-state index in [4.69, 9.17) is 13.9 Å². The molecule has 2 aromatic carbocycles. The van der Waals surface area contributed by atoms with Crippen LogP contribution in [0.15, 0.2) is 63.3 Å². The van der Waals surface area contributed by atoms with Gasteiger partial charge in [-0.25, -0.2) is 5.53 Å². The molecule has 9 heteroatoms. The van der Waals surface area contributed by atoms with Crippen molar-refractivity contribution in [1.29, 1.82) is 0 Å². The Labute approximate surface area is 175 Å². The van der Waals surface area contributed by atoms with Gasteiger partial charge in [0.1, 0.15) is 24.5 Å². The molecule has 1 unspecified atom stereocenters. The second-order valence-electron chi connectivity index (χ2n) is 7.06. The van der Waals surface area contributed by atoms with Crippen molar-refractivity contribution < 1.29 is 13.9 Å². The number of likely N-dealkylation sites (N-methyl/N-ethyl adjacent to an activating group) is 1. The number of para-hydroxylation sites is 3. The highest BCUT2D eigenvalue weighted by atomic mass is 16.5. The van der Waals surface area contributed by atoms with Crippen LogP contribution in [0.2, 0.25) is 0 Å². The normalized spacial score (nSPS) is 15.8. The first kappa shape index (κ1) is 20.1. The van der Waals surface area contributed by atoms with E-state index in [9.17, 15) is 0 Å². The van der Waals surface area contributed by atoms with Crippen LogP contribution < -0.4 is 15.2 Å². The molecule has 1 N–H and O–H groups in total. The molecule has 9 nitrogen and oxygen atoms in total. The van der Waals surface area contributed by atoms with Crippen molar-refractivity contribution >= 4 is 17.1 Å². The van der Waals surface area contributed by atoms with E-state index in [0.29, 0.717) is 32.4 Å². The van der Waals surface area contributed by atoms with Gasteiger partial charge in [-0.2, -0.15) is 10.1 Å². The molecule has 1 aliphatic rings. The van der Waals surface area contributed by atoms with Crippen LogP contribution in [-0.2, 0) is 10.5 Å². The zero-order valence-electron chi connectivity index (χ0n) is 17.4. The Hall–Kier alpha value is -3.17. The van der Waals surface area contributed by atoms with Gasteiger partial charge in [0.15, 0.2) is 11.3 Å². The molecule has 1 aromatic heterocycles. The third-order valence-electron chi connectivity index (χ3n) is 5.06. The monoisotopic (exact) mass is 410 g/mol. The molecule has 2 heterocycles. The predicted octanol–water partition coefficient (Wildman–Crippen LogP) is 3.70. The summed E-state index contributed by atoms with van der Waals surface area (Å²) in [6.45, 7) is 5.93. The van der Waals surface area contributed by atoms with Crippen molar-refractivity contribution in [2.45, 2.75) is 19.6 Å². The molecule has 0 spiro atoms. The molecular formula is C21H26N6O3. The molecule has 30 heavy (non-hydrogen) atoms. The Morgan fingerprint density at radius 2 is 2.00 bits per heavy atom. The van der Waals surface area contributed by atoms with Crippen LogP contribution in [0.4, 0.5) is 6.01 Å². The van der Waals surface area contributed by atoms with E-state index in [1.54, 1.807) is 0 Å². The van der Waals surface area contributed by atoms with Crippen molar-refractivity contribution in [3.05, 3.63) is 54.1 Å². The Bertz CT molecular complexity index is 982. The molecule has 0 amide bonds. The number of aromatic nitrogens is 1. The number of hydrogen-bond acceptors (Lipinski definition) is 9. The second kappa shape index (κ2) is 8.68. The SMILES string of the molecule is CCOC(C)(c1ccccc1OCCN(C)c1nc2ccccc2o1)N1CN=NN1. The van der Waals surface area contributed by atoms with Gasteiger partial charge >= 0.3 is 0 Å². The molecular weight excluding hydrogens is 384 g/mol. The van der Waals surface area contributed by atoms with E-state index in [-0.39, 0.29) is 0 Å². The Kier molecular flexibility index (Phi) is 5.82. The number of oxazole rings is 1. The van der Waals surface area contributed by atoms with Crippen LogP contribution in [0.5, 0.6) is 5.75 Å². The molecule has 158 valence electrons. The highest BCUT2D eigenvalue weighted by molar-refractivity contribution is 5.74. The summed E-state index contributed by atoms with van der Waals surface area (Å²) in [6.07, 6.45) is 0. The quantitative estimate of drug-likeness (QED) is 0.575. The molecule has 3 aromatic rings. The van der Waals surface area contributed by atoms with E-state index in [1.165, 1.54) is 0 Å². The topological polar surface area (TPSA) is 87.7 Å². The minimum Gasteiger partial charge on any atom is -0.491 e. The fourth-order valence-corrected chi connectivity index (χ4v) is 3.41. The molecule has 1 atom stereocenters. The number of nitrogens with one attached hydrogen (secondary N) is 1. The summed E-state index contributed by atoms with van der Waals surface area (Å²) in [5, 5.41) is 9.70. The number of ether oxygens (including phenoxy) is 2. The van der Waals surface area contributed by atoms with Crippen LogP contribution in [0.3, 0.4) is 0 Å². The van der Waals surface area contributed by atoms with Gasteiger partial charge in [0.25, 0.3) is 6.01 Å². The summed E-state index contributed by atoms with van der Waals surface area (Å²) in [5.41, 5.74) is 4.63. The van der Waals surface area contributed by atoms with E-state index >= 15 is 0 Å². The van der Waals surface area contributed by atoms with Gasteiger partial charge in [0, 0.05) is 19.2 Å². The number of anilines is 1. The molecule has 0 fully saturated rings. The summed E-state index contributed by atoms with van der Waals surface area (Å²) in [4.78, 5) is 6.45. The first-order valence-corrected chi connectivity index (χ1v) is 9.94. The zero-order valence-corrected chi connectivity index (χ0v) is 17.4. The number of nitrogens with zero attached hydrogens (tertiary/aromatic N) is 5. The molecule has 0 saturated heterocycles. The highest BCUT2D eigenvalue weighted by Crippen LogP contribution is 2.36. The summed E-state index contributed by atoms with van der Waals surface area (Å²) in [6, 6.07) is 16.1. The Morgan fingerprint density at radius 3 is 2.77 bits per heavy atom. The third kappa shape index (κ3) is 3.94. The summed E-state index contributed by atoms with van der Waals surface area (Å²) in [7, 11) is 1.93. The van der Waals surface area contributed by atoms with Gasteiger partial charge in [0.05, 0.1) is 6.54 Å². The first-order valence-electron chi connectivity index (χ1n) is 9.94. The van der Waals surface area contributed by atoms with Gasteiger partial charge in [-0.3, -0.25) is 0 Å². The van der Waals surface area contributed by atoms with Crippen molar-refractivity contribution in [3.63, 3.8) is 0 Å². The molecule has 0 saturated carbocycles. The Morgan fingerprint density at radius 1 is 1.20 bits per heavy atom. The average Bonchev–Trinajstić information content (AvgIpc) is 3.44. The lowest BCUT2D eigenvalue weighted by Crippen LogP contribution is -2.49. The number of hydrazine groups is 1. The zero-order chi connectivity index (χ0) is 21.0. The number of benzene rings is 2. The smallest absolute Gasteiger partial charge is 0.298 e. The summed E-state index contributed by atoms with van der Waals surface area (Å²) >= 11 is 0. The van der Waals surface area contributed by atoms with Gasteiger partial charge in [-0.1, -0.05) is 35.6 Å². The minimum absolute atomic E-state index is 0.394. The lowest BCUT2D eigenvalue weighted by atomic mass is 10.0. The van der Waals surface area contributed by atoms with E-state index in [1.807, 2.05) is 79.3 Å². The lowest BCUT2D eigenvalue weighted by Gasteiger charge is -2.37. The average molecular weight is 410 g/mol. The highest BCUT2D eigenvalue weighted by Gasteiger charge is 2.39. The number of hydrogen-bond donors (Lipinski definition) is 1. The molecule has 0 radical (unpaired) electrons. The standard InChI is InChI=1S/C21H26N6O3/c1-4-29-21(2,27-15-22-24-25-27)16-9-5-7-11-18(16)28-14-13-26(3)20-23-17-10-6-8-12-19(17)30-20/h5-12H,4,13-15H2,1-3H3,(H,22,25). The van der Waals surface area contributed by atoms with Crippen LogP contribution in [0, 0.1) is 0 Å². The van der Waals surface area contributed by atoms with E-state index in [0.717, 1.165) is 22.4 Å². The van der Waals surface area contributed by atoms with E-state index in [2.05, 4.69) is 20.9 Å². The molecule has 0 bridgehead atoms. The lowest BCUT2D eigenvalue weighted by molar-refractivity contribution is -0.163. The van der Waals surface area contributed by atoms with Crippen LogP contribution in [-0.4, -0.2) is 43.5 Å². The van der Waals surface area contributed by atoms with Gasteiger partial charge in [0.2, 0.25) is 0 Å². The van der Waals surface area contributed by atoms with Gasteiger partial charge in [-0.05, 0) is 32.0 Å². The van der Waals surface area contributed by atoms with Crippen LogP contribution >= 0.6 is 0 Å². The first-order chi connectivity index (χ1) is 14.6. The van der Waals surface area contributed by atoms with E-state index < -0.39 is 5.72 Å². The second-order valence-corrected chi connectivity index (χ2v) is 7.06. The third-order valence-corrected chi connectivity index (χ3v) is 5.06. The van der Waals surface area contributed by atoms with Crippen molar-refractivity contribution in [2.24, 2.45) is 10.3 Å². The Balaban J connectivity index is 1.46. The minimum atomic E-state index is -0.777. The molecule has 0 aliphatic carbocycles. The maximum absolute atomic E-state index is 6.15. The fraction of sp³-hybridized carbons (Fsp3) is 0.381. The van der Waals surface area contributed by atoms with Crippen molar-refractivity contribution in [1.82, 2.24) is 15.5 Å². The summed E-state index contributed by atoms with van der Waals surface area (Å²) < 4.78 is 18.1. The van der Waals surface area contributed by atoms with Crippen LogP contribution in [0.1, 0.15) is 19.4 Å². The van der Waals surface area contributed by atoms with Crippen LogP contribution in [0.25, 0.3) is 11.1 Å². The van der Waals surface area contributed by atoms with Gasteiger partial charge in [-0.15, -0.1) is 5.01 Å². The van der Waals surface area contributed by atoms with Crippen molar-refractivity contribution in [2.75, 3.05) is 38.4 Å². The molecule has 1 aliphatic heterocycles. The number of fused-ring (bicyclic) bond motifs is 1. The largest absolute Gasteiger partial charge is 0.491 e. The summed E-state index contributed by atoms with van der Waals surface area (Å²) in [5.74, 6) is 0.744. The fourth-order valence-electron chi connectivity index (χ4n) is 3.41. The maximum atomic E-state index is 6.15. The predicted molar refractivity (Wildman–Crippen MR) is 113 cm³/mol. The molecule has 4 rings (SSSR count). The maximum Gasteiger partial charge on any atom is 0.298 e.